The number of halogens is 1. The summed E-state index contributed by atoms with van der Waals surface area (Å²) in [7, 11) is 0. The minimum atomic E-state index is 0.153. The highest BCUT2D eigenvalue weighted by molar-refractivity contribution is 9.10. The van der Waals surface area contributed by atoms with Crippen LogP contribution in [0.15, 0.2) is 33.3 Å². The Hall–Kier alpha value is -1.73. The van der Waals surface area contributed by atoms with Crippen molar-refractivity contribution in [3.63, 3.8) is 0 Å². The fourth-order valence-corrected chi connectivity index (χ4v) is 4.86. The van der Waals surface area contributed by atoms with Gasteiger partial charge in [-0.15, -0.1) is 0 Å². The molecule has 0 N–H and O–H groups in total. The summed E-state index contributed by atoms with van der Waals surface area (Å²) in [6.45, 7) is 8.77. The van der Waals surface area contributed by atoms with Crippen LogP contribution in [0.3, 0.4) is 0 Å². The third kappa shape index (κ3) is 5.07. The molecule has 6 nitrogen and oxygen atoms in total. The van der Waals surface area contributed by atoms with Crippen LogP contribution in [-0.2, 0) is 11.3 Å². The van der Waals surface area contributed by atoms with Crippen LogP contribution in [0.4, 0.5) is 0 Å². The summed E-state index contributed by atoms with van der Waals surface area (Å²) in [5, 5.41) is 4.12. The monoisotopic (exact) mass is 460 g/mol. The number of likely N-dealkylation sites (tertiary alicyclic amines) is 2. The van der Waals surface area contributed by atoms with E-state index < -0.39 is 0 Å². The maximum Gasteiger partial charge on any atom is 0.241 e. The Morgan fingerprint density at radius 3 is 2.79 bits per heavy atom. The minimum Gasteiger partial charge on any atom is -0.342 e. The van der Waals surface area contributed by atoms with Crippen molar-refractivity contribution in [2.45, 2.75) is 46.1 Å². The third-order valence-corrected chi connectivity index (χ3v) is 6.55. The molecule has 0 unspecified atom stereocenters. The standard InChI is InChI=1S/C22H29BrN4O2/c1-22(2)9-4-10-27(15-22)21(28)16-7-11-26(12-8-16)14-19-24-20(25-29-19)17-5-3-6-18(23)13-17/h3,5-6,13,16H,4,7-12,14-15H2,1-2H3. The number of rotatable bonds is 4. The second-order valence-electron chi connectivity index (χ2n) is 9.10. The number of piperidine rings is 2. The van der Waals surface area contributed by atoms with Crippen LogP contribution in [0.2, 0.25) is 0 Å². The second-order valence-corrected chi connectivity index (χ2v) is 10.0. The van der Waals surface area contributed by atoms with E-state index in [1.807, 2.05) is 24.3 Å². The SMILES string of the molecule is CC1(C)CCCN(C(=O)C2CCN(Cc3nc(-c4cccc(Br)c4)no3)CC2)C1. The average Bonchev–Trinajstić information content (AvgIpc) is 3.16. The van der Waals surface area contributed by atoms with Crippen LogP contribution < -0.4 is 0 Å². The van der Waals surface area contributed by atoms with Gasteiger partial charge in [-0.25, -0.2) is 0 Å². The van der Waals surface area contributed by atoms with E-state index in [4.69, 9.17) is 4.52 Å². The largest absolute Gasteiger partial charge is 0.342 e. The summed E-state index contributed by atoms with van der Waals surface area (Å²) in [4.78, 5) is 21.9. The van der Waals surface area contributed by atoms with Crippen LogP contribution in [0, 0.1) is 11.3 Å². The van der Waals surface area contributed by atoms with Crippen LogP contribution in [0.1, 0.15) is 45.4 Å². The van der Waals surface area contributed by atoms with Gasteiger partial charge in [0.25, 0.3) is 0 Å². The predicted octanol–water partition coefficient (Wildman–Crippen LogP) is 4.36. The lowest BCUT2D eigenvalue weighted by Crippen LogP contribution is -2.48. The Morgan fingerprint density at radius 2 is 2.07 bits per heavy atom. The summed E-state index contributed by atoms with van der Waals surface area (Å²) < 4.78 is 6.45. The molecule has 2 fully saturated rings. The zero-order valence-electron chi connectivity index (χ0n) is 17.2. The first-order chi connectivity index (χ1) is 13.9. The van der Waals surface area contributed by atoms with Gasteiger partial charge in [0, 0.05) is 29.0 Å². The second kappa shape index (κ2) is 8.56. The van der Waals surface area contributed by atoms with Gasteiger partial charge in [-0.2, -0.15) is 4.98 Å². The van der Waals surface area contributed by atoms with E-state index in [-0.39, 0.29) is 11.3 Å². The molecule has 0 radical (unpaired) electrons. The van der Waals surface area contributed by atoms with Crippen molar-refractivity contribution < 1.29 is 9.32 Å². The Labute approximate surface area is 180 Å². The molecule has 0 spiro atoms. The lowest BCUT2D eigenvalue weighted by atomic mass is 9.83. The summed E-state index contributed by atoms with van der Waals surface area (Å²) in [5.41, 5.74) is 1.18. The quantitative estimate of drug-likeness (QED) is 0.677. The van der Waals surface area contributed by atoms with Gasteiger partial charge in [-0.05, 0) is 56.3 Å². The number of carbonyl (C=O) groups excluding carboxylic acids is 1. The molecule has 0 bridgehead atoms. The maximum absolute atomic E-state index is 13.0. The first-order valence-corrected chi connectivity index (χ1v) is 11.3. The molecule has 2 saturated heterocycles. The van der Waals surface area contributed by atoms with E-state index in [9.17, 15) is 4.79 Å². The van der Waals surface area contributed by atoms with E-state index >= 15 is 0 Å². The van der Waals surface area contributed by atoms with E-state index in [0.717, 1.165) is 55.5 Å². The summed E-state index contributed by atoms with van der Waals surface area (Å²) in [6.07, 6.45) is 4.14. The van der Waals surface area contributed by atoms with Gasteiger partial charge >= 0.3 is 0 Å². The molecule has 1 aromatic heterocycles. The number of aromatic nitrogens is 2. The molecular weight excluding hydrogens is 432 g/mol. The maximum atomic E-state index is 13.0. The Bertz CT molecular complexity index is 858. The van der Waals surface area contributed by atoms with Crippen molar-refractivity contribution in [2.75, 3.05) is 26.2 Å². The van der Waals surface area contributed by atoms with E-state index in [1.165, 1.54) is 6.42 Å². The fourth-order valence-electron chi connectivity index (χ4n) is 4.46. The lowest BCUT2D eigenvalue weighted by Gasteiger charge is -2.41. The molecule has 1 amide bonds. The van der Waals surface area contributed by atoms with E-state index in [1.54, 1.807) is 0 Å². The van der Waals surface area contributed by atoms with Crippen molar-refractivity contribution >= 4 is 21.8 Å². The Morgan fingerprint density at radius 1 is 1.28 bits per heavy atom. The number of amides is 1. The third-order valence-electron chi connectivity index (χ3n) is 6.06. The van der Waals surface area contributed by atoms with Gasteiger partial charge in [0.15, 0.2) is 0 Å². The molecule has 29 heavy (non-hydrogen) atoms. The van der Waals surface area contributed by atoms with Crippen molar-refractivity contribution in [3.8, 4) is 11.4 Å². The number of carbonyl (C=O) groups is 1. The van der Waals surface area contributed by atoms with E-state index in [0.29, 0.717) is 24.2 Å². The Kier molecular flexibility index (Phi) is 6.06. The van der Waals surface area contributed by atoms with Gasteiger partial charge in [0.05, 0.1) is 6.54 Å². The molecule has 1 aromatic carbocycles. The summed E-state index contributed by atoms with van der Waals surface area (Å²) in [6, 6.07) is 7.88. The molecule has 2 aliphatic rings. The first kappa shape index (κ1) is 20.5. The number of hydrogen-bond acceptors (Lipinski definition) is 5. The molecule has 3 heterocycles. The number of nitrogens with zero attached hydrogens (tertiary/aromatic N) is 4. The first-order valence-electron chi connectivity index (χ1n) is 10.5. The summed E-state index contributed by atoms with van der Waals surface area (Å²) >= 11 is 3.47. The normalized spacial score (nSPS) is 20.7. The van der Waals surface area contributed by atoms with Crippen molar-refractivity contribution in [1.29, 1.82) is 0 Å². The van der Waals surface area contributed by atoms with Crippen LogP contribution in [0.5, 0.6) is 0 Å². The molecule has 2 aliphatic heterocycles. The van der Waals surface area contributed by atoms with Crippen molar-refractivity contribution in [2.24, 2.45) is 11.3 Å². The van der Waals surface area contributed by atoms with Gasteiger partial charge in [-0.3, -0.25) is 9.69 Å². The average molecular weight is 461 g/mol. The minimum absolute atomic E-state index is 0.153. The van der Waals surface area contributed by atoms with Crippen LogP contribution in [-0.4, -0.2) is 52.0 Å². The molecule has 7 heteroatoms. The Balaban J connectivity index is 1.30. The molecule has 4 rings (SSSR count). The van der Waals surface area contributed by atoms with Crippen molar-refractivity contribution in [3.05, 3.63) is 34.6 Å². The van der Waals surface area contributed by atoms with Crippen LogP contribution >= 0.6 is 15.9 Å². The number of benzene rings is 1. The van der Waals surface area contributed by atoms with Gasteiger partial charge in [0.2, 0.25) is 17.6 Å². The highest BCUT2D eigenvalue weighted by atomic mass is 79.9. The molecule has 0 aliphatic carbocycles. The molecule has 0 saturated carbocycles. The zero-order chi connectivity index (χ0) is 20.4. The van der Waals surface area contributed by atoms with Gasteiger partial charge < -0.3 is 9.42 Å². The zero-order valence-corrected chi connectivity index (χ0v) is 18.8. The lowest BCUT2D eigenvalue weighted by molar-refractivity contribution is -0.140. The summed E-state index contributed by atoms with van der Waals surface area (Å²) in [5.74, 6) is 1.74. The highest BCUT2D eigenvalue weighted by Crippen LogP contribution is 2.31. The fraction of sp³-hybridized carbons (Fsp3) is 0.591. The van der Waals surface area contributed by atoms with Crippen molar-refractivity contribution in [1.82, 2.24) is 19.9 Å². The molecule has 0 atom stereocenters. The number of hydrogen-bond donors (Lipinski definition) is 0. The van der Waals surface area contributed by atoms with E-state index in [2.05, 4.69) is 49.7 Å². The highest BCUT2D eigenvalue weighted by Gasteiger charge is 2.34. The van der Waals surface area contributed by atoms with Gasteiger partial charge in [-0.1, -0.05) is 47.1 Å². The smallest absolute Gasteiger partial charge is 0.241 e. The van der Waals surface area contributed by atoms with Crippen LogP contribution in [0.25, 0.3) is 11.4 Å². The van der Waals surface area contributed by atoms with Gasteiger partial charge in [0.1, 0.15) is 0 Å². The molecule has 156 valence electrons. The molecular formula is C22H29BrN4O2. The predicted molar refractivity (Wildman–Crippen MR) is 115 cm³/mol. The molecule has 2 aromatic rings. The topological polar surface area (TPSA) is 62.5 Å².